The van der Waals surface area contributed by atoms with Gasteiger partial charge in [-0.3, -0.25) is 9.36 Å². The number of aryl methyl sites for hydroxylation is 1. The van der Waals surface area contributed by atoms with Crippen LogP contribution in [0.3, 0.4) is 0 Å². The summed E-state index contributed by atoms with van der Waals surface area (Å²) in [4.78, 5) is 16.7. The second kappa shape index (κ2) is 5.50. The molecule has 0 fully saturated rings. The van der Waals surface area contributed by atoms with Crippen molar-refractivity contribution in [2.75, 3.05) is 6.61 Å². The van der Waals surface area contributed by atoms with Crippen LogP contribution in [0, 0.1) is 6.92 Å². The summed E-state index contributed by atoms with van der Waals surface area (Å²) in [7, 11) is 0. The molecule has 24 heavy (non-hydrogen) atoms. The third-order valence-corrected chi connectivity index (χ3v) is 3.88. The second-order valence-corrected chi connectivity index (χ2v) is 5.40. The fraction of sp³-hybridized carbons (Fsp3) is 0.188. The zero-order valence-electron chi connectivity index (χ0n) is 12.9. The van der Waals surface area contributed by atoms with Crippen molar-refractivity contribution >= 4 is 16.8 Å². The average Bonchev–Trinajstić information content (AvgIpc) is 2.94. The molecule has 0 spiro atoms. The topological polar surface area (TPSA) is 98.2 Å². The van der Waals surface area contributed by atoms with Gasteiger partial charge in [-0.25, -0.2) is 4.98 Å². The van der Waals surface area contributed by atoms with Gasteiger partial charge >= 0.3 is 0 Å². The van der Waals surface area contributed by atoms with Crippen molar-refractivity contribution in [1.82, 2.24) is 29.4 Å². The lowest BCUT2D eigenvalue weighted by Gasteiger charge is -2.04. The number of benzene rings is 1. The lowest BCUT2D eigenvalue weighted by molar-refractivity contribution is 0.274. The van der Waals surface area contributed by atoms with Crippen LogP contribution in [0.1, 0.15) is 5.69 Å². The lowest BCUT2D eigenvalue weighted by Crippen LogP contribution is -2.24. The molecule has 0 aliphatic heterocycles. The maximum Gasteiger partial charge on any atom is 0.283 e. The average molecular weight is 322 g/mol. The van der Waals surface area contributed by atoms with Crippen LogP contribution >= 0.6 is 0 Å². The number of aromatic nitrogens is 6. The summed E-state index contributed by atoms with van der Waals surface area (Å²) in [6.07, 6.45) is 1.39. The van der Waals surface area contributed by atoms with Crippen LogP contribution in [0.15, 0.2) is 41.5 Å². The quantitative estimate of drug-likeness (QED) is 0.599. The molecule has 8 heteroatoms. The highest BCUT2D eigenvalue weighted by atomic mass is 16.3. The number of hydrogen-bond acceptors (Lipinski definition) is 6. The van der Waals surface area contributed by atoms with Crippen molar-refractivity contribution in [3.05, 3.63) is 52.7 Å². The summed E-state index contributed by atoms with van der Waals surface area (Å²) in [5.74, 6) is 0. The maximum atomic E-state index is 12.4. The number of fused-ring (bicyclic) bond motifs is 3. The molecule has 0 atom stereocenters. The predicted molar refractivity (Wildman–Crippen MR) is 87.6 cm³/mol. The van der Waals surface area contributed by atoms with E-state index >= 15 is 0 Å². The highest BCUT2D eigenvalue weighted by molar-refractivity contribution is 5.83. The largest absolute Gasteiger partial charge is 0.395 e. The minimum Gasteiger partial charge on any atom is -0.395 e. The summed E-state index contributed by atoms with van der Waals surface area (Å²) >= 11 is 0. The molecule has 3 aromatic heterocycles. The van der Waals surface area contributed by atoms with Gasteiger partial charge in [-0.1, -0.05) is 30.3 Å². The van der Waals surface area contributed by atoms with Gasteiger partial charge in [-0.2, -0.15) is 9.61 Å². The van der Waals surface area contributed by atoms with Gasteiger partial charge < -0.3 is 5.11 Å². The molecular weight excluding hydrogens is 308 g/mol. The molecule has 0 saturated heterocycles. The Morgan fingerprint density at radius 3 is 2.67 bits per heavy atom. The highest BCUT2D eigenvalue weighted by Crippen LogP contribution is 2.27. The fourth-order valence-electron chi connectivity index (χ4n) is 2.77. The van der Waals surface area contributed by atoms with Gasteiger partial charge in [0.15, 0.2) is 16.8 Å². The van der Waals surface area contributed by atoms with Crippen LogP contribution in [0.25, 0.3) is 27.9 Å². The molecule has 4 aromatic rings. The summed E-state index contributed by atoms with van der Waals surface area (Å²) in [5, 5.41) is 21.8. The van der Waals surface area contributed by atoms with Crippen LogP contribution in [0.4, 0.5) is 0 Å². The van der Waals surface area contributed by atoms with Crippen LogP contribution in [-0.2, 0) is 6.54 Å². The van der Waals surface area contributed by atoms with Gasteiger partial charge in [-0.05, 0) is 12.5 Å². The van der Waals surface area contributed by atoms with Gasteiger partial charge in [0.1, 0.15) is 6.33 Å². The van der Waals surface area contributed by atoms with E-state index in [1.807, 2.05) is 37.3 Å². The number of nitrogens with zero attached hydrogens (tertiary/aromatic N) is 6. The minimum atomic E-state index is -0.349. The van der Waals surface area contributed by atoms with Gasteiger partial charge in [-0.15, -0.1) is 10.2 Å². The first-order valence-electron chi connectivity index (χ1n) is 7.48. The van der Waals surface area contributed by atoms with Gasteiger partial charge in [0, 0.05) is 0 Å². The Labute approximate surface area is 136 Å². The number of hydrogen-bond donors (Lipinski definition) is 1. The molecule has 0 unspecified atom stereocenters. The van der Waals surface area contributed by atoms with Crippen LogP contribution < -0.4 is 5.56 Å². The van der Waals surface area contributed by atoms with Crippen molar-refractivity contribution in [2.45, 2.75) is 13.5 Å². The molecule has 0 bridgehead atoms. The molecule has 3 heterocycles. The monoisotopic (exact) mass is 322 g/mol. The second-order valence-electron chi connectivity index (χ2n) is 5.40. The maximum absolute atomic E-state index is 12.4. The Bertz CT molecular complexity index is 1100. The summed E-state index contributed by atoms with van der Waals surface area (Å²) in [5.41, 5.74) is 3.31. The number of aliphatic hydroxyl groups is 1. The Morgan fingerprint density at radius 1 is 1.12 bits per heavy atom. The molecule has 0 saturated carbocycles. The third-order valence-electron chi connectivity index (χ3n) is 3.88. The van der Waals surface area contributed by atoms with E-state index in [1.165, 1.54) is 10.9 Å². The van der Waals surface area contributed by atoms with Crippen molar-refractivity contribution < 1.29 is 5.11 Å². The first-order valence-corrected chi connectivity index (χ1v) is 7.48. The van der Waals surface area contributed by atoms with E-state index in [4.69, 9.17) is 5.11 Å². The first kappa shape index (κ1) is 14.5. The summed E-state index contributed by atoms with van der Waals surface area (Å²) in [6, 6.07) is 9.78. The minimum absolute atomic E-state index is 0.126. The Hall–Kier alpha value is -3.13. The number of rotatable bonds is 3. The zero-order valence-corrected chi connectivity index (χ0v) is 12.9. The van der Waals surface area contributed by atoms with Gasteiger partial charge in [0.25, 0.3) is 5.56 Å². The van der Waals surface area contributed by atoms with E-state index < -0.39 is 0 Å². The third kappa shape index (κ3) is 2.08. The Morgan fingerprint density at radius 2 is 1.92 bits per heavy atom. The SMILES string of the molecule is Cc1nn2c(nnc3c(=O)n(CCO)cnc32)c1-c1ccccc1. The smallest absolute Gasteiger partial charge is 0.283 e. The summed E-state index contributed by atoms with van der Waals surface area (Å²) in [6.45, 7) is 1.90. The Kier molecular flexibility index (Phi) is 3.31. The standard InChI is InChI=1S/C16H14N6O2/c1-10-12(11-5-3-2-4-6-11)14-19-18-13-15(22(14)20-10)17-9-21(7-8-23)16(13)24/h2-6,9,23H,7-8H2,1H3. The molecule has 8 nitrogen and oxygen atoms in total. The molecule has 120 valence electrons. The van der Waals surface area contributed by atoms with Gasteiger partial charge in [0.2, 0.25) is 0 Å². The molecule has 1 N–H and O–H groups in total. The molecule has 0 radical (unpaired) electrons. The van der Waals surface area contributed by atoms with E-state index in [9.17, 15) is 4.79 Å². The van der Waals surface area contributed by atoms with E-state index in [2.05, 4.69) is 20.3 Å². The van der Waals surface area contributed by atoms with Crippen LogP contribution in [0.5, 0.6) is 0 Å². The van der Waals surface area contributed by atoms with Crippen molar-refractivity contribution in [3.63, 3.8) is 0 Å². The lowest BCUT2D eigenvalue weighted by atomic mass is 10.1. The van der Waals surface area contributed by atoms with Crippen LogP contribution in [0.2, 0.25) is 0 Å². The van der Waals surface area contributed by atoms with Crippen LogP contribution in [-0.4, -0.2) is 41.1 Å². The molecule has 0 aliphatic carbocycles. The van der Waals surface area contributed by atoms with E-state index in [0.717, 1.165) is 16.8 Å². The zero-order chi connectivity index (χ0) is 16.7. The molecule has 0 amide bonds. The Balaban J connectivity index is 2.04. The van der Waals surface area contributed by atoms with E-state index in [-0.39, 0.29) is 24.2 Å². The van der Waals surface area contributed by atoms with Crippen molar-refractivity contribution in [3.8, 4) is 11.1 Å². The normalized spacial score (nSPS) is 11.4. The molecule has 1 aromatic carbocycles. The molecular formula is C16H14N6O2. The van der Waals surface area contributed by atoms with Crippen molar-refractivity contribution in [2.24, 2.45) is 0 Å². The highest BCUT2D eigenvalue weighted by Gasteiger charge is 2.17. The number of aliphatic hydroxyl groups excluding tert-OH is 1. The first-order chi connectivity index (χ1) is 11.7. The van der Waals surface area contributed by atoms with E-state index in [1.54, 1.807) is 4.52 Å². The van der Waals surface area contributed by atoms with E-state index in [0.29, 0.717) is 11.3 Å². The fourth-order valence-corrected chi connectivity index (χ4v) is 2.77. The molecule has 4 rings (SSSR count). The summed E-state index contributed by atoms with van der Waals surface area (Å²) < 4.78 is 2.85. The predicted octanol–water partition coefficient (Wildman–Crippen LogP) is 0.802. The molecule has 0 aliphatic rings. The van der Waals surface area contributed by atoms with Gasteiger partial charge in [0.05, 0.1) is 24.4 Å². The van der Waals surface area contributed by atoms with Crippen molar-refractivity contribution in [1.29, 1.82) is 0 Å².